The van der Waals surface area contributed by atoms with Crippen molar-refractivity contribution in [3.8, 4) is 11.4 Å². The van der Waals surface area contributed by atoms with Crippen LogP contribution in [0.3, 0.4) is 0 Å². The van der Waals surface area contributed by atoms with Crippen LogP contribution in [0.1, 0.15) is 27.9 Å². The zero-order valence-electron chi connectivity index (χ0n) is 16.9. The SMILES string of the molecule is Cc1cc(-n2cc(C)c(C)n2)ccc1OCc1c(Cl)cccc1C1=NON(C)C1. The fraction of sp³-hybridized carbons (Fsp3) is 0.273. The lowest BCUT2D eigenvalue weighted by molar-refractivity contribution is -0.109. The van der Waals surface area contributed by atoms with Gasteiger partial charge in [0.25, 0.3) is 0 Å². The Bertz CT molecular complexity index is 1070. The summed E-state index contributed by atoms with van der Waals surface area (Å²) in [6.07, 6.45) is 2.03. The third-order valence-corrected chi connectivity index (χ3v) is 5.39. The maximum Gasteiger partial charge on any atom is 0.122 e. The third-order valence-electron chi connectivity index (χ3n) is 5.03. The molecule has 0 spiro atoms. The molecule has 0 saturated heterocycles. The molecule has 0 saturated carbocycles. The minimum atomic E-state index is 0.345. The van der Waals surface area contributed by atoms with Gasteiger partial charge in [0.2, 0.25) is 0 Å². The van der Waals surface area contributed by atoms with Crippen molar-refractivity contribution in [3.05, 3.63) is 75.6 Å². The molecule has 0 radical (unpaired) electrons. The molecule has 2 aromatic carbocycles. The van der Waals surface area contributed by atoms with E-state index in [0.717, 1.165) is 39.5 Å². The zero-order valence-corrected chi connectivity index (χ0v) is 17.7. The number of aryl methyl sites for hydroxylation is 3. The molecule has 6 nitrogen and oxygen atoms in total. The van der Waals surface area contributed by atoms with Gasteiger partial charge in [-0.3, -0.25) is 4.94 Å². The van der Waals surface area contributed by atoms with Crippen LogP contribution in [0.5, 0.6) is 5.75 Å². The number of ether oxygens (including phenoxy) is 1. The van der Waals surface area contributed by atoms with Crippen molar-refractivity contribution < 1.29 is 9.68 Å². The first-order valence-electron chi connectivity index (χ1n) is 9.42. The summed E-state index contributed by atoms with van der Waals surface area (Å²) in [4.78, 5) is 5.19. The van der Waals surface area contributed by atoms with E-state index in [1.807, 2.05) is 62.1 Å². The van der Waals surface area contributed by atoms with Gasteiger partial charge >= 0.3 is 0 Å². The average Bonchev–Trinajstić information content (AvgIpc) is 3.27. The summed E-state index contributed by atoms with van der Waals surface area (Å²) in [5.41, 5.74) is 6.91. The Morgan fingerprint density at radius 3 is 2.62 bits per heavy atom. The molecule has 0 N–H and O–H groups in total. The second kappa shape index (κ2) is 7.89. The van der Waals surface area contributed by atoms with E-state index in [1.165, 1.54) is 5.56 Å². The van der Waals surface area contributed by atoms with Crippen LogP contribution in [0.25, 0.3) is 5.69 Å². The van der Waals surface area contributed by atoms with Crippen LogP contribution in [0.2, 0.25) is 5.02 Å². The number of halogens is 1. The normalized spacial score (nSPS) is 14.0. The van der Waals surface area contributed by atoms with E-state index in [9.17, 15) is 0 Å². The first-order valence-corrected chi connectivity index (χ1v) is 9.80. The van der Waals surface area contributed by atoms with E-state index in [4.69, 9.17) is 21.3 Å². The van der Waals surface area contributed by atoms with Crippen LogP contribution >= 0.6 is 11.6 Å². The maximum absolute atomic E-state index is 6.47. The summed E-state index contributed by atoms with van der Waals surface area (Å²) < 4.78 is 8.02. The summed E-state index contributed by atoms with van der Waals surface area (Å²) in [6.45, 7) is 7.04. The molecular weight excluding hydrogens is 388 g/mol. The highest BCUT2D eigenvalue weighted by molar-refractivity contribution is 6.32. The van der Waals surface area contributed by atoms with E-state index in [1.54, 1.807) is 5.06 Å². The number of hydrogen-bond donors (Lipinski definition) is 0. The molecule has 0 fully saturated rings. The molecule has 1 aliphatic heterocycles. The molecule has 150 valence electrons. The Balaban J connectivity index is 1.55. The van der Waals surface area contributed by atoms with Gasteiger partial charge < -0.3 is 4.74 Å². The second-order valence-electron chi connectivity index (χ2n) is 7.25. The number of rotatable bonds is 5. The minimum Gasteiger partial charge on any atom is -0.489 e. The number of hydroxylamine groups is 2. The zero-order chi connectivity index (χ0) is 20.5. The number of hydrogen-bond acceptors (Lipinski definition) is 5. The van der Waals surface area contributed by atoms with Crippen molar-refractivity contribution in [1.82, 2.24) is 14.8 Å². The van der Waals surface area contributed by atoms with Gasteiger partial charge in [-0.05, 0) is 56.2 Å². The summed E-state index contributed by atoms with van der Waals surface area (Å²) in [5.74, 6) is 0.807. The molecule has 7 heteroatoms. The van der Waals surface area contributed by atoms with Crippen molar-refractivity contribution in [2.24, 2.45) is 5.16 Å². The molecule has 0 amide bonds. The summed E-state index contributed by atoms with van der Waals surface area (Å²) in [6, 6.07) is 11.8. The number of likely N-dealkylation sites (N-methyl/N-ethyl adjacent to an activating group) is 1. The van der Waals surface area contributed by atoms with Gasteiger partial charge in [-0.15, -0.1) is 5.06 Å². The van der Waals surface area contributed by atoms with Crippen LogP contribution in [0.4, 0.5) is 0 Å². The molecule has 0 aliphatic carbocycles. The Morgan fingerprint density at radius 2 is 1.97 bits per heavy atom. The Morgan fingerprint density at radius 1 is 1.14 bits per heavy atom. The fourth-order valence-electron chi connectivity index (χ4n) is 3.26. The quantitative estimate of drug-likeness (QED) is 0.616. The van der Waals surface area contributed by atoms with Gasteiger partial charge in [-0.2, -0.15) is 5.10 Å². The van der Waals surface area contributed by atoms with Gasteiger partial charge in [0.15, 0.2) is 0 Å². The first-order chi connectivity index (χ1) is 13.9. The summed E-state index contributed by atoms with van der Waals surface area (Å²) in [5, 5.41) is 11.0. The van der Waals surface area contributed by atoms with Gasteiger partial charge in [-0.1, -0.05) is 28.9 Å². The van der Waals surface area contributed by atoms with Crippen LogP contribution < -0.4 is 4.74 Å². The van der Waals surface area contributed by atoms with Gasteiger partial charge in [0.1, 0.15) is 18.1 Å². The molecule has 0 bridgehead atoms. The molecule has 4 rings (SSSR count). The predicted octanol–water partition coefficient (Wildman–Crippen LogP) is 4.61. The van der Waals surface area contributed by atoms with E-state index in [-0.39, 0.29) is 0 Å². The van der Waals surface area contributed by atoms with Crippen LogP contribution in [0.15, 0.2) is 47.8 Å². The van der Waals surface area contributed by atoms with Crippen molar-refractivity contribution in [2.75, 3.05) is 13.6 Å². The van der Waals surface area contributed by atoms with Crippen LogP contribution in [-0.2, 0) is 11.5 Å². The molecule has 0 atom stereocenters. The Kier molecular flexibility index (Phi) is 5.30. The molecule has 1 aliphatic rings. The number of oxime groups is 1. The summed E-state index contributed by atoms with van der Waals surface area (Å²) >= 11 is 6.47. The van der Waals surface area contributed by atoms with Gasteiger partial charge in [0, 0.05) is 29.4 Å². The van der Waals surface area contributed by atoms with Crippen molar-refractivity contribution in [2.45, 2.75) is 27.4 Å². The number of nitrogens with zero attached hydrogens (tertiary/aromatic N) is 4. The molecule has 2 heterocycles. The summed E-state index contributed by atoms with van der Waals surface area (Å²) in [7, 11) is 1.84. The van der Waals surface area contributed by atoms with Gasteiger partial charge in [-0.25, -0.2) is 4.68 Å². The second-order valence-corrected chi connectivity index (χ2v) is 7.66. The third kappa shape index (κ3) is 3.99. The largest absolute Gasteiger partial charge is 0.489 e. The highest BCUT2D eigenvalue weighted by Gasteiger charge is 2.20. The fourth-order valence-corrected chi connectivity index (χ4v) is 3.49. The van der Waals surface area contributed by atoms with E-state index < -0.39 is 0 Å². The minimum absolute atomic E-state index is 0.345. The van der Waals surface area contributed by atoms with Crippen LogP contribution in [-0.4, -0.2) is 34.1 Å². The smallest absolute Gasteiger partial charge is 0.122 e. The lowest BCUT2D eigenvalue weighted by Gasteiger charge is -2.14. The highest BCUT2D eigenvalue weighted by Crippen LogP contribution is 2.27. The maximum atomic E-state index is 6.47. The van der Waals surface area contributed by atoms with Gasteiger partial charge in [0.05, 0.1) is 17.9 Å². The highest BCUT2D eigenvalue weighted by atomic mass is 35.5. The molecular formula is C22H23ClN4O2. The predicted molar refractivity (Wildman–Crippen MR) is 114 cm³/mol. The molecule has 1 aromatic heterocycles. The monoisotopic (exact) mass is 410 g/mol. The average molecular weight is 411 g/mol. The number of benzene rings is 2. The molecule has 29 heavy (non-hydrogen) atoms. The Hall–Kier alpha value is -2.83. The van der Waals surface area contributed by atoms with E-state index in [0.29, 0.717) is 18.2 Å². The first kappa shape index (κ1) is 19.5. The Labute approximate surface area is 175 Å². The van der Waals surface area contributed by atoms with E-state index >= 15 is 0 Å². The number of aromatic nitrogens is 2. The van der Waals surface area contributed by atoms with Crippen molar-refractivity contribution in [1.29, 1.82) is 0 Å². The molecule has 0 unspecified atom stereocenters. The van der Waals surface area contributed by atoms with E-state index in [2.05, 4.69) is 23.2 Å². The standard InChI is InChI=1S/C22H23ClN4O2/c1-14-10-17(27-11-15(2)16(3)24-27)8-9-22(14)28-13-19-18(6-5-7-20(19)23)21-12-26(4)29-25-21/h5-11H,12-13H2,1-4H3. The topological polar surface area (TPSA) is 51.9 Å². The van der Waals surface area contributed by atoms with Crippen molar-refractivity contribution in [3.63, 3.8) is 0 Å². The van der Waals surface area contributed by atoms with Crippen molar-refractivity contribution >= 4 is 17.3 Å². The lowest BCUT2D eigenvalue weighted by Crippen LogP contribution is -2.18. The van der Waals surface area contributed by atoms with Crippen LogP contribution in [0, 0.1) is 20.8 Å². The molecule has 3 aromatic rings. The lowest BCUT2D eigenvalue weighted by atomic mass is 10.0.